The topological polar surface area (TPSA) is 37.9 Å². The lowest BCUT2D eigenvalue weighted by Gasteiger charge is -2.19. The molecule has 1 heterocycles. The molecule has 6 heteroatoms. The second kappa shape index (κ2) is 2.40. The predicted molar refractivity (Wildman–Crippen MR) is 37.2 cm³/mol. The number of nitrogens with zero attached hydrogens (tertiary/aromatic N) is 1. The van der Waals surface area contributed by atoms with Crippen molar-refractivity contribution in [3.8, 4) is 5.88 Å². The molecule has 1 aromatic heterocycles. The van der Waals surface area contributed by atoms with Crippen LogP contribution in [0.4, 0.5) is 13.2 Å². The average Bonchev–Trinajstić information content (AvgIpc) is 2.59. The van der Waals surface area contributed by atoms with E-state index in [0.29, 0.717) is 0 Å². The van der Waals surface area contributed by atoms with Crippen LogP contribution in [0.2, 0.25) is 0 Å². The minimum atomic E-state index is -4.29. The second-order valence-electron chi connectivity index (χ2n) is 3.02. The Morgan fingerprint density at radius 2 is 2.15 bits per heavy atom. The van der Waals surface area contributed by atoms with Crippen molar-refractivity contribution >= 4 is 0 Å². The molecule has 1 aromatic rings. The summed E-state index contributed by atoms with van der Waals surface area (Å²) in [6.45, 7) is 0. The van der Waals surface area contributed by atoms with Crippen LogP contribution in [0.25, 0.3) is 0 Å². The molecule has 1 aliphatic rings. The van der Waals surface area contributed by atoms with E-state index >= 15 is 0 Å². The van der Waals surface area contributed by atoms with Gasteiger partial charge in [0, 0.05) is 18.9 Å². The summed E-state index contributed by atoms with van der Waals surface area (Å²) in [5.41, 5.74) is -1.96. The van der Waals surface area contributed by atoms with E-state index in [1.54, 1.807) is 0 Å². The van der Waals surface area contributed by atoms with Gasteiger partial charge >= 0.3 is 6.18 Å². The Bertz CT molecular complexity index is 289. The van der Waals surface area contributed by atoms with Gasteiger partial charge in [-0.2, -0.15) is 18.3 Å². The molecule has 0 bridgehead atoms. The average molecular weight is 192 g/mol. The van der Waals surface area contributed by atoms with Crippen LogP contribution in [0, 0.1) is 0 Å². The predicted octanol–water partition coefficient (Wildman–Crippen LogP) is 1.88. The summed E-state index contributed by atoms with van der Waals surface area (Å²) >= 11 is 0. The summed E-state index contributed by atoms with van der Waals surface area (Å²) in [5, 5.41) is 5.83. The first-order valence-electron chi connectivity index (χ1n) is 3.79. The van der Waals surface area contributed by atoms with Crippen molar-refractivity contribution in [2.75, 3.05) is 0 Å². The molecular formula is C7H7F3N2O. The molecule has 0 saturated heterocycles. The largest absolute Gasteiger partial charge is 0.462 e. The molecule has 0 unspecified atom stereocenters. The summed E-state index contributed by atoms with van der Waals surface area (Å²) in [7, 11) is 0. The SMILES string of the molecule is FC(F)(F)C1(Oc2ccn[nH]2)CC1. The fraction of sp³-hybridized carbons (Fsp3) is 0.571. The molecule has 72 valence electrons. The first-order valence-corrected chi connectivity index (χ1v) is 3.79. The van der Waals surface area contributed by atoms with E-state index in [1.807, 2.05) is 0 Å². The number of aromatic amines is 1. The maximum Gasteiger partial charge on any atom is 0.428 e. The zero-order valence-corrected chi connectivity index (χ0v) is 6.56. The van der Waals surface area contributed by atoms with Gasteiger partial charge in [-0.05, 0) is 0 Å². The van der Waals surface area contributed by atoms with Gasteiger partial charge in [-0.3, -0.25) is 0 Å². The van der Waals surface area contributed by atoms with Crippen molar-refractivity contribution in [2.45, 2.75) is 24.6 Å². The Hall–Kier alpha value is -1.20. The Morgan fingerprint density at radius 1 is 1.46 bits per heavy atom. The van der Waals surface area contributed by atoms with E-state index in [0.717, 1.165) is 0 Å². The molecule has 1 N–H and O–H groups in total. The van der Waals surface area contributed by atoms with Crippen LogP contribution in [0.5, 0.6) is 5.88 Å². The fourth-order valence-corrected chi connectivity index (χ4v) is 1.07. The van der Waals surface area contributed by atoms with E-state index in [-0.39, 0.29) is 18.7 Å². The molecule has 0 atom stereocenters. The molecule has 1 saturated carbocycles. The molecule has 0 aromatic carbocycles. The van der Waals surface area contributed by atoms with Crippen LogP contribution < -0.4 is 4.74 Å². The lowest BCUT2D eigenvalue weighted by Crippen LogP contribution is -2.36. The summed E-state index contributed by atoms with van der Waals surface area (Å²) in [6.07, 6.45) is -2.90. The Balaban J connectivity index is 2.10. The van der Waals surface area contributed by atoms with Gasteiger partial charge in [-0.1, -0.05) is 0 Å². The van der Waals surface area contributed by atoms with Gasteiger partial charge in [0.1, 0.15) is 0 Å². The number of ether oxygens (including phenoxy) is 1. The maximum absolute atomic E-state index is 12.3. The lowest BCUT2D eigenvalue weighted by atomic mass is 10.3. The van der Waals surface area contributed by atoms with Gasteiger partial charge in [0.05, 0.1) is 6.20 Å². The Morgan fingerprint density at radius 3 is 2.54 bits per heavy atom. The number of alkyl halides is 3. The molecule has 0 amide bonds. The van der Waals surface area contributed by atoms with E-state index in [9.17, 15) is 13.2 Å². The number of aromatic nitrogens is 2. The number of halogens is 3. The molecule has 13 heavy (non-hydrogen) atoms. The molecule has 0 radical (unpaired) electrons. The van der Waals surface area contributed by atoms with Crippen LogP contribution in [0.1, 0.15) is 12.8 Å². The third kappa shape index (κ3) is 1.36. The Kier molecular flexibility index (Phi) is 1.55. The van der Waals surface area contributed by atoms with E-state index in [2.05, 4.69) is 10.2 Å². The van der Waals surface area contributed by atoms with Crippen molar-refractivity contribution in [1.29, 1.82) is 0 Å². The highest BCUT2D eigenvalue weighted by Gasteiger charge is 2.66. The molecular weight excluding hydrogens is 185 g/mol. The van der Waals surface area contributed by atoms with Crippen molar-refractivity contribution in [2.24, 2.45) is 0 Å². The molecule has 2 rings (SSSR count). The van der Waals surface area contributed by atoms with E-state index in [1.165, 1.54) is 12.3 Å². The molecule has 1 aliphatic carbocycles. The number of hydrogen-bond acceptors (Lipinski definition) is 2. The third-order valence-electron chi connectivity index (χ3n) is 2.00. The summed E-state index contributed by atoms with van der Waals surface area (Å²) in [4.78, 5) is 0. The van der Waals surface area contributed by atoms with E-state index < -0.39 is 11.8 Å². The zero-order valence-electron chi connectivity index (χ0n) is 6.56. The highest BCUT2D eigenvalue weighted by Crippen LogP contribution is 2.51. The molecule has 0 spiro atoms. The van der Waals surface area contributed by atoms with Gasteiger partial charge < -0.3 is 4.74 Å². The highest BCUT2D eigenvalue weighted by molar-refractivity contribution is 5.13. The van der Waals surface area contributed by atoms with Crippen molar-refractivity contribution in [3.63, 3.8) is 0 Å². The quantitative estimate of drug-likeness (QED) is 0.776. The van der Waals surface area contributed by atoms with Crippen molar-refractivity contribution in [1.82, 2.24) is 10.2 Å². The monoisotopic (exact) mass is 192 g/mol. The minimum Gasteiger partial charge on any atom is -0.462 e. The zero-order chi connectivity index (χ0) is 9.53. The van der Waals surface area contributed by atoms with Crippen LogP contribution in [0.3, 0.4) is 0 Å². The first-order chi connectivity index (χ1) is 6.04. The van der Waals surface area contributed by atoms with Crippen LogP contribution in [0.15, 0.2) is 12.3 Å². The smallest absolute Gasteiger partial charge is 0.428 e. The highest BCUT2D eigenvalue weighted by atomic mass is 19.4. The van der Waals surface area contributed by atoms with Crippen molar-refractivity contribution < 1.29 is 17.9 Å². The minimum absolute atomic E-state index is 0.0233. The Labute approximate surface area is 71.9 Å². The third-order valence-corrected chi connectivity index (χ3v) is 2.00. The van der Waals surface area contributed by atoms with Gasteiger partial charge in [0.2, 0.25) is 11.5 Å². The lowest BCUT2D eigenvalue weighted by molar-refractivity contribution is -0.209. The molecule has 1 fully saturated rings. The molecule has 0 aliphatic heterocycles. The van der Waals surface area contributed by atoms with Gasteiger partial charge in [-0.15, -0.1) is 0 Å². The van der Waals surface area contributed by atoms with Crippen LogP contribution >= 0.6 is 0 Å². The number of H-pyrrole nitrogens is 1. The van der Waals surface area contributed by atoms with E-state index in [4.69, 9.17) is 4.74 Å². The van der Waals surface area contributed by atoms with Crippen LogP contribution in [-0.2, 0) is 0 Å². The van der Waals surface area contributed by atoms with Gasteiger partial charge in [0.15, 0.2) is 0 Å². The van der Waals surface area contributed by atoms with Gasteiger partial charge in [0.25, 0.3) is 0 Å². The number of nitrogens with one attached hydrogen (secondary N) is 1. The van der Waals surface area contributed by atoms with Crippen LogP contribution in [-0.4, -0.2) is 22.0 Å². The maximum atomic E-state index is 12.3. The summed E-state index contributed by atoms with van der Waals surface area (Å²) in [5.74, 6) is 0.0647. The number of hydrogen-bond donors (Lipinski definition) is 1. The fourth-order valence-electron chi connectivity index (χ4n) is 1.07. The summed E-state index contributed by atoms with van der Waals surface area (Å²) < 4.78 is 41.8. The van der Waals surface area contributed by atoms with Gasteiger partial charge in [-0.25, -0.2) is 5.10 Å². The number of rotatable bonds is 2. The summed E-state index contributed by atoms with van der Waals surface area (Å²) in [6, 6.07) is 1.37. The first kappa shape index (κ1) is 8.40. The normalized spacial score (nSPS) is 19.9. The molecule has 3 nitrogen and oxygen atoms in total. The second-order valence-corrected chi connectivity index (χ2v) is 3.02. The standard InChI is InChI=1S/C7H7F3N2O/c8-7(9,10)6(2-3-6)13-5-1-4-11-12-5/h1,4H,2-3H2,(H,11,12). The van der Waals surface area contributed by atoms with Crippen molar-refractivity contribution in [3.05, 3.63) is 12.3 Å².